The largest absolute Gasteiger partial charge is 0.390 e. The third kappa shape index (κ3) is 4.61. The van der Waals surface area contributed by atoms with Crippen LogP contribution < -0.4 is 10.6 Å². The summed E-state index contributed by atoms with van der Waals surface area (Å²) in [4.78, 5) is 16.0. The molecule has 0 amide bonds. The van der Waals surface area contributed by atoms with Crippen molar-refractivity contribution < 1.29 is 9.50 Å². The van der Waals surface area contributed by atoms with Crippen molar-refractivity contribution in [3.05, 3.63) is 33.8 Å². The second-order valence-electron chi connectivity index (χ2n) is 7.33. The van der Waals surface area contributed by atoms with Gasteiger partial charge in [-0.2, -0.15) is 0 Å². The second kappa shape index (κ2) is 9.31. The molecule has 10 heteroatoms. The molecule has 29 heavy (non-hydrogen) atoms. The van der Waals surface area contributed by atoms with Crippen LogP contribution in [0.1, 0.15) is 31.2 Å². The summed E-state index contributed by atoms with van der Waals surface area (Å²) in [6, 6.07) is 1.54. The number of anilines is 1. The number of pyridine rings is 1. The van der Waals surface area contributed by atoms with Crippen LogP contribution in [-0.4, -0.2) is 45.9 Å². The summed E-state index contributed by atoms with van der Waals surface area (Å²) in [7, 11) is 0. The molecule has 6 nitrogen and oxygen atoms in total. The van der Waals surface area contributed by atoms with Gasteiger partial charge in [0, 0.05) is 35.6 Å². The normalized spacial score (nSPS) is 17.4. The highest BCUT2D eigenvalue weighted by atomic mass is 35.5. The fourth-order valence-corrected chi connectivity index (χ4v) is 4.75. The maximum absolute atomic E-state index is 13.7. The monoisotopic (exact) mass is 459 g/mol. The second-order valence-corrected chi connectivity index (χ2v) is 9.10. The van der Waals surface area contributed by atoms with E-state index in [4.69, 9.17) is 33.9 Å². The summed E-state index contributed by atoms with van der Waals surface area (Å²) in [5.74, 6) is 0.630. The van der Waals surface area contributed by atoms with Gasteiger partial charge in [0.1, 0.15) is 15.9 Å². The maximum Gasteiger partial charge on any atom is 0.153 e. The smallest absolute Gasteiger partial charge is 0.153 e. The lowest BCUT2D eigenvalue weighted by Crippen LogP contribution is -2.50. The zero-order valence-electron chi connectivity index (χ0n) is 16.3. The molecule has 1 fully saturated rings. The molecule has 0 radical (unpaired) electrons. The van der Waals surface area contributed by atoms with Crippen LogP contribution in [0.2, 0.25) is 10.2 Å². The summed E-state index contributed by atoms with van der Waals surface area (Å²) in [5, 5.41) is 11.1. The Morgan fingerprint density at radius 3 is 2.62 bits per heavy atom. The number of piperidine rings is 1. The first-order valence-electron chi connectivity index (χ1n) is 9.34. The third-order valence-electron chi connectivity index (χ3n) is 5.54. The number of halogens is 3. The Morgan fingerprint density at radius 1 is 1.34 bits per heavy atom. The van der Waals surface area contributed by atoms with E-state index in [0.717, 1.165) is 0 Å². The number of rotatable bonds is 6. The minimum atomic E-state index is -0.495. The fourth-order valence-electron chi connectivity index (χ4n) is 3.44. The van der Waals surface area contributed by atoms with Gasteiger partial charge in [0.25, 0.3) is 0 Å². The summed E-state index contributed by atoms with van der Waals surface area (Å²) in [6.45, 7) is 4.27. The minimum absolute atomic E-state index is 0.213. The van der Waals surface area contributed by atoms with E-state index in [-0.39, 0.29) is 17.8 Å². The van der Waals surface area contributed by atoms with Crippen molar-refractivity contribution >= 4 is 40.8 Å². The van der Waals surface area contributed by atoms with Crippen molar-refractivity contribution in [1.82, 2.24) is 15.0 Å². The van der Waals surface area contributed by atoms with E-state index >= 15 is 0 Å². The number of nitrogens with zero attached hydrogens (tertiary/aromatic N) is 4. The van der Waals surface area contributed by atoms with E-state index in [1.165, 1.54) is 11.8 Å². The molecule has 3 rings (SSSR count). The van der Waals surface area contributed by atoms with E-state index in [1.54, 1.807) is 12.3 Å². The molecule has 1 unspecified atom stereocenters. The van der Waals surface area contributed by atoms with Gasteiger partial charge in [0.2, 0.25) is 0 Å². The standard InChI is InChI=1S/C19H24Cl2FN5OS/c1-11-18(29-14-3-6-24-16(21)15(14)20)26-13(9-28)17(25-11)27-7-4-19(10-22,5-8-27)12(2)23/h3,6,12,28H,4-5,7-10,23H2,1-2H3. The first-order chi connectivity index (χ1) is 13.8. The molecule has 0 spiro atoms. The predicted molar refractivity (Wildman–Crippen MR) is 115 cm³/mol. The molecule has 3 N–H and O–H groups in total. The Labute approximate surface area is 184 Å². The molecule has 1 aliphatic heterocycles. The Kier molecular flexibility index (Phi) is 7.22. The number of hydrogen-bond acceptors (Lipinski definition) is 7. The highest BCUT2D eigenvalue weighted by Crippen LogP contribution is 2.39. The van der Waals surface area contributed by atoms with Gasteiger partial charge in [-0.3, -0.25) is 4.39 Å². The summed E-state index contributed by atoms with van der Waals surface area (Å²) < 4.78 is 13.7. The third-order valence-corrected chi connectivity index (χ3v) is 7.55. The summed E-state index contributed by atoms with van der Waals surface area (Å²) >= 11 is 13.5. The van der Waals surface area contributed by atoms with Crippen LogP contribution in [0, 0.1) is 12.3 Å². The van der Waals surface area contributed by atoms with Crippen LogP contribution in [0.3, 0.4) is 0 Å². The maximum atomic E-state index is 13.7. The molecule has 2 aromatic rings. The highest BCUT2D eigenvalue weighted by Gasteiger charge is 2.39. The van der Waals surface area contributed by atoms with Gasteiger partial charge in [-0.05, 0) is 32.8 Å². The van der Waals surface area contributed by atoms with Gasteiger partial charge in [0.05, 0.1) is 24.0 Å². The number of aromatic nitrogens is 3. The first kappa shape index (κ1) is 22.5. The van der Waals surface area contributed by atoms with Gasteiger partial charge >= 0.3 is 0 Å². The fraction of sp³-hybridized carbons (Fsp3) is 0.526. The molecule has 1 aliphatic rings. The van der Waals surface area contributed by atoms with Gasteiger partial charge in [-0.1, -0.05) is 35.0 Å². The number of aliphatic hydroxyl groups is 1. The van der Waals surface area contributed by atoms with Crippen molar-refractivity contribution in [2.45, 2.75) is 49.3 Å². The Morgan fingerprint density at radius 2 is 2.03 bits per heavy atom. The van der Waals surface area contributed by atoms with E-state index < -0.39 is 12.1 Å². The van der Waals surface area contributed by atoms with E-state index in [0.29, 0.717) is 58.1 Å². The molecule has 0 bridgehead atoms. The van der Waals surface area contributed by atoms with Crippen molar-refractivity contribution in [3.8, 4) is 0 Å². The lowest BCUT2D eigenvalue weighted by atomic mass is 9.74. The van der Waals surface area contributed by atoms with E-state index in [1.807, 2.05) is 18.7 Å². The lowest BCUT2D eigenvalue weighted by molar-refractivity contribution is 0.128. The molecule has 0 aliphatic carbocycles. The number of aryl methyl sites for hydroxylation is 1. The van der Waals surface area contributed by atoms with Crippen LogP contribution in [0.15, 0.2) is 22.2 Å². The first-order valence-corrected chi connectivity index (χ1v) is 10.9. The number of hydrogen-bond donors (Lipinski definition) is 2. The molecule has 3 heterocycles. The van der Waals surface area contributed by atoms with Gasteiger partial charge in [0.15, 0.2) is 5.82 Å². The average Bonchev–Trinajstić information content (AvgIpc) is 2.72. The number of aliphatic hydroxyl groups excluding tert-OH is 1. The molecule has 2 aromatic heterocycles. The Balaban J connectivity index is 1.85. The Bertz CT molecular complexity index is 878. The topological polar surface area (TPSA) is 88.2 Å². The van der Waals surface area contributed by atoms with Crippen molar-refractivity contribution in [2.24, 2.45) is 11.1 Å². The quantitative estimate of drug-likeness (QED) is 0.630. The Hall–Kier alpha value is -1.19. The van der Waals surface area contributed by atoms with E-state index in [2.05, 4.69) is 9.97 Å². The molecule has 1 atom stereocenters. The zero-order valence-corrected chi connectivity index (χ0v) is 18.7. The summed E-state index contributed by atoms with van der Waals surface area (Å²) in [6.07, 6.45) is 2.84. The van der Waals surface area contributed by atoms with Gasteiger partial charge < -0.3 is 15.7 Å². The lowest BCUT2D eigenvalue weighted by Gasteiger charge is -2.43. The highest BCUT2D eigenvalue weighted by molar-refractivity contribution is 7.99. The van der Waals surface area contributed by atoms with Crippen LogP contribution in [0.4, 0.5) is 10.2 Å². The molecule has 1 saturated heterocycles. The average molecular weight is 460 g/mol. The van der Waals surface area contributed by atoms with Crippen LogP contribution in [-0.2, 0) is 6.61 Å². The number of alkyl halides is 1. The van der Waals surface area contributed by atoms with Gasteiger partial charge in [-0.25, -0.2) is 15.0 Å². The molecular weight excluding hydrogens is 436 g/mol. The molecule has 0 saturated carbocycles. The van der Waals surface area contributed by atoms with Crippen molar-refractivity contribution in [3.63, 3.8) is 0 Å². The number of nitrogens with two attached hydrogens (primary N) is 1. The molecular formula is C19H24Cl2FN5OS. The van der Waals surface area contributed by atoms with Crippen molar-refractivity contribution in [1.29, 1.82) is 0 Å². The summed E-state index contributed by atoms with van der Waals surface area (Å²) in [5.41, 5.74) is 6.73. The minimum Gasteiger partial charge on any atom is -0.390 e. The van der Waals surface area contributed by atoms with Crippen LogP contribution >= 0.6 is 35.0 Å². The molecule has 158 valence electrons. The molecule has 0 aromatic carbocycles. The predicted octanol–water partition coefficient (Wildman–Crippen LogP) is 4.03. The van der Waals surface area contributed by atoms with E-state index in [9.17, 15) is 9.50 Å². The zero-order chi connectivity index (χ0) is 21.2. The van der Waals surface area contributed by atoms with Gasteiger partial charge in [-0.15, -0.1) is 0 Å². The van der Waals surface area contributed by atoms with Crippen LogP contribution in [0.25, 0.3) is 0 Å². The van der Waals surface area contributed by atoms with Crippen molar-refractivity contribution in [2.75, 3.05) is 24.7 Å². The van der Waals surface area contributed by atoms with Crippen LogP contribution in [0.5, 0.6) is 0 Å². The SMILES string of the molecule is Cc1nc(N2CCC(CF)(C(C)N)CC2)c(CO)nc1Sc1ccnc(Cl)c1Cl.